The van der Waals surface area contributed by atoms with Crippen LogP contribution in [0.3, 0.4) is 0 Å². The van der Waals surface area contributed by atoms with E-state index in [9.17, 15) is 24.5 Å². The summed E-state index contributed by atoms with van der Waals surface area (Å²) in [5, 5.41) is 9.18. The molecule has 0 saturated heterocycles. The molecule has 0 radical (unpaired) electrons. The van der Waals surface area contributed by atoms with Crippen molar-refractivity contribution >= 4 is 10.2 Å². The molecule has 20 heavy (non-hydrogen) atoms. The number of hydrogen-bond donors (Lipinski definition) is 1. The van der Waals surface area contributed by atoms with Crippen LogP contribution in [0.25, 0.3) is 0 Å². The highest BCUT2D eigenvalue weighted by atomic mass is 32.5. The maximum atomic E-state index is 12.6. The van der Waals surface area contributed by atoms with Crippen LogP contribution < -0.4 is 4.74 Å². The number of rotatable bonds is 3. The van der Waals surface area contributed by atoms with Gasteiger partial charge in [0.25, 0.3) is 0 Å². The van der Waals surface area contributed by atoms with Crippen LogP contribution in [0.15, 0.2) is 53.4 Å². The van der Waals surface area contributed by atoms with E-state index in [1.165, 1.54) is 18.2 Å². The molecule has 1 N–H and O–H groups in total. The SMILES string of the molecule is Oc1cccc(Oc2cccc(S(F)(F)(F)(F)F)c2)c1. The van der Waals surface area contributed by atoms with Crippen molar-refractivity contribution in [3.8, 4) is 17.2 Å². The Morgan fingerprint density at radius 2 is 1.35 bits per heavy atom. The van der Waals surface area contributed by atoms with Gasteiger partial charge in [-0.1, -0.05) is 31.6 Å². The lowest BCUT2D eigenvalue weighted by Gasteiger charge is -2.40. The number of benzene rings is 2. The van der Waals surface area contributed by atoms with Gasteiger partial charge in [-0.15, -0.1) is 0 Å². The third-order valence-electron chi connectivity index (χ3n) is 2.30. The zero-order chi connectivity index (χ0) is 15.1. The summed E-state index contributed by atoms with van der Waals surface area (Å²) in [6.07, 6.45) is 0. The van der Waals surface area contributed by atoms with Gasteiger partial charge in [0.2, 0.25) is 0 Å². The monoisotopic (exact) mass is 312 g/mol. The first-order valence-electron chi connectivity index (χ1n) is 5.25. The third kappa shape index (κ3) is 3.53. The van der Waals surface area contributed by atoms with Crippen LogP contribution in [-0.4, -0.2) is 5.11 Å². The van der Waals surface area contributed by atoms with Gasteiger partial charge in [0.05, 0.1) is 0 Å². The van der Waals surface area contributed by atoms with Crippen molar-refractivity contribution in [2.75, 3.05) is 0 Å². The average Bonchev–Trinajstić information content (AvgIpc) is 2.26. The van der Waals surface area contributed by atoms with Gasteiger partial charge in [0.15, 0.2) is 0 Å². The van der Waals surface area contributed by atoms with Gasteiger partial charge in [-0.25, -0.2) is 0 Å². The van der Waals surface area contributed by atoms with Gasteiger partial charge in [0, 0.05) is 12.1 Å². The van der Waals surface area contributed by atoms with Gasteiger partial charge >= 0.3 is 10.2 Å². The summed E-state index contributed by atoms with van der Waals surface area (Å²) in [7, 11) is -9.73. The first-order valence-corrected chi connectivity index (χ1v) is 7.20. The summed E-state index contributed by atoms with van der Waals surface area (Å²) in [5.74, 6) is -0.531. The number of ether oxygens (including phenoxy) is 1. The maximum Gasteiger partial charge on any atom is 0.310 e. The molecule has 2 aromatic carbocycles. The molecule has 2 nitrogen and oxygen atoms in total. The summed E-state index contributed by atoms with van der Waals surface area (Å²) < 4.78 is 68.2. The molecule has 110 valence electrons. The molecule has 0 aliphatic heterocycles. The van der Waals surface area contributed by atoms with Crippen LogP contribution in [0.5, 0.6) is 17.2 Å². The molecule has 0 spiro atoms. The van der Waals surface area contributed by atoms with E-state index in [0.717, 1.165) is 18.2 Å². The first-order chi connectivity index (χ1) is 8.94. The topological polar surface area (TPSA) is 29.5 Å². The Hall–Kier alpha value is -1.96. The number of halogens is 5. The van der Waals surface area contributed by atoms with Crippen molar-refractivity contribution in [1.82, 2.24) is 0 Å². The van der Waals surface area contributed by atoms with Crippen molar-refractivity contribution in [2.45, 2.75) is 4.90 Å². The van der Waals surface area contributed by atoms with Gasteiger partial charge < -0.3 is 9.84 Å². The second-order valence-corrected chi connectivity index (χ2v) is 6.45. The largest absolute Gasteiger partial charge is 0.508 e. The molecule has 0 saturated carbocycles. The zero-order valence-electron chi connectivity index (χ0n) is 9.77. The fraction of sp³-hybridized carbons (Fsp3) is 0. The molecular formula is C12H9F5O2S. The molecule has 0 bridgehead atoms. The fourth-order valence-electron chi connectivity index (χ4n) is 1.46. The van der Waals surface area contributed by atoms with Crippen LogP contribution in [-0.2, 0) is 0 Å². The molecule has 2 rings (SSSR count). The van der Waals surface area contributed by atoms with Gasteiger partial charge in [0.1, 0.15) is 22.1 Å². The number of aromatic hydroxyl groups is 1. The third-order valence-corrected chi connectivity index (χ3v) is 3.45. The standard InChI is InChI=1S/C12H9F5O2S/c13-20(14,15,16,17)12-6-2-5-11(8-12)19-10-4-1-3-9(18)7-10/h1-8,18H. The summed E-state index contributed by atoms with van der Waals surface area (Å²) >= 11 is 0. The van der Waals surface area contributed by atoms with Crippen LogP contribution >= 0.6 is 10.2 Å². The fourth-order valence-corrected chi connectivity index (χ4v) is 2.14. The predicted molar refractivity (Wildman–Crippen MR) is 66.0 cm³/mol. The highest BCUT2D eigenvalue weighted by Crippen LogP contribution is 3.02. The highest BCUT2D eigenvalue weighted by molar-refractivity contribution is 8.45. The Morgan fingerprint density at radius 3 is 1.90 bits per heavy atom. The Labute approximate surface area is 111 Å². The lowest BCUT2D eigenvalue weighted by Crippen LogP contribution is -2.05. The summed E-state index contributed by atoms with van der Waals surface area (Å²) in [6.45, 7) is 0. The van der Waals surface area contributed by atoms with E-state index < -0.39 is 20.9 Å². The lowest BCUT2D eigenvalue weighted by molar-refractivity contribution is 0.362. The number of phenolic OH excluding ortho intramolecular Hbond substituents is 1. The predicted octanol–water partition coefficient (Wildman–Crippen LogP) is 5.84. The second kappa shape index (κ2) is 3.78. The molecule has 0 aliphatic carbocycles. The normalized spacial score (nSPS) is 15.2. The molecule has 0 fully saturated rings. The van der Waals surface area contributed by atoms with E-state index in [1.807, 2.05) is 0 Å². The van der Waals surface area contributed by atoms with Crippen LogP contribution in [0, 0.1) is 0 Å². The summed E-state index contributed by atoms with van der Waals surface area (Å²) in [6, 6.07) is 7.69. The molecule has 8 heteroatoms. The molecule has 0 atom stereocenters. The smallest absolute Gasteiger partial charge is 0.310 e. The highest BCUT2D eigenvalue weighted by Gasteiger charge is 2.65. The van der Waals surface area contributed by atoms with E-state index in [2.05, 4.69) is 0 Å². The Balaban J connectivity index is 2.37. The van der Waals surface area contributed by atoms with E-state index in [-0.39, 0.29) is 23.6 Å². The van der Waals surface area contributed by atoms with E-state index in [1.54, 1.807) is 0 Å². The first kappa shape index (κ1) is 14.4. The van der Waals surface area contributed by atoms with Gasteiger partial charge in [-0.05, 0) is 24.3 Å². The zero-order valence-corrected chi connectivity index (χ0v) is 10.6. The van der Waals surface area contributed by atoms with Crippen molar-refractivity contribution in [3.63, 3.8) is 0 Å². The summed E-state index contributed by atoms with van der Waals surface area (Å²) in [5.41, 5.74) is 0. The minimum Gasteiger partial charge on any atom is -0.508 e. The van der Waals surface area contributed by atoms with Gasteiger partial charge in [-0.2, -0.15) is 0 Å². The van der Waals surface area contributed by atoms with Crippen LogP contribution in [0.1, 0.15) is 0 Å². The van der Waals surface area contributed by atoms with E-state index in [0.29, 0.717) is 0 Å². The average molecular weight is 312 g/mol. The Bertz CT molecular complexity index is 654. The number of phenols is 1. The van der Waals surface area contributed by atoms with E-state index in [4.69, 9.17) is 4.74 Å². The molecule has 0 aliphatic rings. The molecule has 2 aromatic rings. The second-order valence-electron chi connectivity index (χ2n) is 4.04. The van der Waals surface area contributed by atoms with Crippen molar-refractivity contribution in [2.24, 2.45) is 0 Å². The van der Waals surface area contributed by atoms with E-state index >= 15 is 0 Å². The maximum absolute atomic E-state index is 12.6. The summed E-state index contributed by atoms with van der Waals surface area (Å²) in [4.78, 5) is -2.03. The molecular weight excluding hydrogens is 303 g/mol. The quantitative estimate of drug-likeness (QED) is 0.721. The Kier molecular flexibility index (Phi) is 2.73. The molecule has 0 unspecified atom stereocenters. The number of hydrogen-bond acceptors (Lipinski definition) is 2. The molecule has 0 amide bonds. The van der Waals surface area contributed by atoms with Crippen LogP contribution in [0.2, 0.25) is 0 Å². The minimum absolute atomic E-state index is 0.0318. The minimum atomic E-state index is -9.73. The molecule has 0 heterocycles. The van der Waals surface area contributed by atoms with Gasteiger partial charge in [-0.3, -0.25) is 0 Å². The van der Waals surface area contributed by atoms with Crippen molar-refractivity contribution in [1.29, 1.82) is 0 Å². The molecule has 0 aromatic heterocycles. The van der Waals surface area contributed by atoms with Crippen molar-refractivity contribution < 1.29 is 29.3 Å². The van der Waals surface area contributed by atoms with Crippen LogP contribution in [0.4, 0.5) is 19.4 Å². The van der Waals surface area contributed by atoms with Crippen molar-refractivity contribution in [3.05, 3.63) is 48.5 Å². The lowest BCUT2D eigenvalue weighted by atomic mass is 10.3. The Morgan fingerprint density at radius 1 is 0.800 bits per heavy atom.